The third-order valence-electron chi connectivity index (χ3n) is 3.08. The van der Waals surface area contributed by atoms with Crippen LogP contribution in [0.3, 0.4) is 0 Å². The lowest BCUT2D eigenvalue weighted by Crippen LogP contribution is -2.31. The summed E-state index contributed by atoms with van der Waals surface area (Å²) < 4.78 is 0.899. The van der Waals surface area contributed by atoms with E-state index in [1.807, 2.05) is 0 Å². The molecule has 0 aromatic heterocycles. The first-order valence-corrected chi connectivity index (χ1v) is 8.08. The molecular formula is C16H15BrN4O4. The third kappa shape index (κ3) is 6.22. The molecule has 0 aliphatic heterocycles. The van der Waals surface area contributed by atoms with Crippen molar-refractivity contribution in [2.45, 2.75) is 6.42 Å². The van der Waals surface area contributed by atoms with E-state index >= 15 is 0 Å². The van der Waals surface area contributed by atoms with Crippen molar-refractivity contribution in [3.63, 3.8) is 0 Å². The molecule has 3 amide bonds. The molecule has 2 aromatic carbocycles. The number of carbonyl (C=O) groups excluding carboxylic acids is 2. The molecule has 9 heteroatoms. The largest absolute Gasteiger partial charge is 0.337 e. The van der Waals surface area contributed by atoms with Crippen LogP contribution < -0.4 is 16.0 Å². The molecule has 0 fully saturated rings. The number of benzene rings is 2. The lowest BCUT2D eigenvalue weighted by molar-refractivity contribution is -0.384. The smallest absolute Gasteiger partial charge is 0.319 e. The summed E-state index contributed by atoms with van der Waals surface area (Å²) in [5.41, 5.74) is 0.852. The van der Waals surface area contributed by atoms with Gasteiger partial charge in [0.15, 0.2) is 0 Å². The van der Waals surface area contributed by atoms with Crippen LogP contribution in [0.4, 0.5) is 21.9 Å². The molecule has 0 spiro atoms. The SMILES string of the molecule is O=C(CCNC(=O)Nc1ccc(Br)cc1)Nc1cccc([N+](=O)[O-])c1. The molecule has 3 N–H and O–H groups in total. The van der Waals surface area contributed by atoms with E-state index in [0.29, 0.717) is 11.4 Å². The Bertz CT molecular complexity index is 780. The van der Waals surface area contributed by atoms with Crippen LogP contribution in [-0.4, -0.2) is 23.4 Å². The number of nitrogens with zero attached hydrogens (tertiary/aromatic N) is 1. The molecular weight excluding hydrogens is 392 g/mol. The van der Waals surface area contributed by atoms with Crippen molar-refractivity contribution in [1.29, 1.82) is 0 Å². The number of hydrogen-bond donors (Lipinski definition) is 3. The molecule has 8 nitrogen and oxygen atoms in total. The Morgan fingerprint density at radius 2 is 1.76 bits per heavy atom. The maximum Gasteiger partial charge on any atom is 0.319 e. The minimum Gasteiger partial charge on any atom is -0.337 e. The number of halogens is 1. The fourth-order valence-electron chi connectivity index (χ4n) is 1.92. The average Bonchev–Trinajstić information content (AvgIpc) is 2.57. The highest BCUT2D eigenvalue weighted by atomic mass is 79.9. The highest BCUT2D eigenvalue weighted by Gasteiger charge is 2.09. The van der Waals surface area contributed by atoms with Gasteiger partial charge in [-0.25, -0.2) is 4.79 Å². The number of non-ortho nitro benzene ring substituents is 1. The molecule has 0 heterocycles. The molecule has 0 atom stereocenters. The second kappa shape index (κ2) is 8.78. The number of hydrogen-bond acceptors (Lipinski definition) is 4. The van der Waals surface area contributed by atoms with Crippen LogP contribution in [0.5, 0.6) is 0 Å². The van der Waals surface area contributed by atoms with E-state index in [9.17, 15) is 19.7 Å². The Hall–Kier alpha value is -2.94. The lowest BCUT2D eigenvalue weighted by atomic mass is 10.2. The molecule has 0 saturated heterocycles. The molecule has 0 aliphatic rings. The summed E-state index contributed by atoms with van der Waals surface area (Å²) in [5, 5.41) is 18.4. The van der Waals surface area contributed by atoms with Crippen molar-refractivity contribution in [2.24, 2.45) is 0 Å². The molecule has 130 valence electrons. The van der Waals surface area contributed by atoms with Gasteiger partial charge in [-0.3, -0.25) is 14.9 Å². The van der Waals surface area contributed by atoms with Gasteiger partial charge >= 0.3 is 6.03 Å². The quantitative estimate of drug-likeness (QED) is 0.502. The Balaban J connectivity index is 1.74. The van der Waals surface area contributed by atoms with Crippen LogP contribution in [0, 0.1) is 10.1 Å². The van der Waals surface area contributed by atoms with E-state index < -0.39 is 11.0 Å². The second-order valence-electron chi connectivity index (χ2n) is 4.99. The molecule has 0 aliphatic carbocycles. The number of anilines is 2. The number of urea groups is 1. The van der Waals surface area contributed by atoms with Crippen LogP contribution >= 0.6 is 15.9 Å². The summed E-state index contributed by atoms with van der Waals surface area (Å²) in [6.45, 7) is 0.128. The molecule has 0 radical (unpaired) electrons. The van der Waals surface area contributed by atoms with Gasteiger partial charge in [0, 0.05) is 40.9 Å². The van der Waals surface area contributed by atoms with Crippen LogP contribution in [0.15, 0.2) is 53.0 Å². The van der Waals surface area contributed by atoms with E-state index in [0.717, 1.165) is 4.47 Å². The lowest BCUT2D eigenvalue weighted by Gasteiger charge is -2.08. The Morgan fingerprint density at radius 1 is 1.04 bits per heavy atom. The zero-order chi connectivity index (χ0) is 18.2. The molecule has 2 aromatic rings. The predicted octanol–water partition coefficient (Wildman–Crippen LogP) is 3.51. The molecule has 0 unspecified atom stereocenters. The first kappa shape index (κ1) is 18.4. The number of carbonyl (C=O) groups is 2. The van der Waals surface area contributed by atoms with Gasteiger partial charge in [-0.15, -0.1) is 0 Å². The van der Waals surface area contributed by atoms with Crippen LogP contribution in [0.1, 0.15) is 6.42 Å². The standard InChI is InChI=1S/C16H15BrN4O4/c17-11-4-6-12(7-5-11)20-16(23)18-9-8-15(22)19-13-2-1-3-14(10-13)21(24)25/h1-7,10H,8-9H2,(H,19,22)(H2,18,20,23). The van der Waals surface area contributed by atoms with Gasteiger partial charge in [-0.1, -0.05) is 22.0 Å². The van der Waals surface area contributed by atoms with E-state index in [1.54, 1.807) is 30.3 Å². The van der Waals surface area contributed by atoms with Crippen molar-refractivity contribution >= 4 is 44.9 Å². The van der Waals surface area contributed by atoms with Gasteiger partial charge in [0.25, 0.3) is 5.69 Å². The predicted molar refractivity (Wildman–Crippen MR) is 97.5 cm³/mol. The van der Waals surface area contributed by atoms with Crippen molar-refractivity contribution in [3.05, 3.63) is 63.1 Å². The van der Waals surface area contributed by atoms with Crippen LogP contribution in [0.25, 0.3) is 0 Å². The van der Waals surface area contributed by atoms with Gasteiger partial charge in [-0.2, -0.15) is 0 Å². The minimum atomic E-state index is -0.538. The van der Waals surface area contributed by atoms with E-state index in [-0.39, 0.29) is 24.6 Å². The number of nitrogens with one attached hydrogen (secondary N) is 3. The number of amides is 3. The van der Waals surface area contributed by atoms with E-state index in [2.05, 4.69) is 31.9 Å². The average molecular weight is 407 g/mol. The van der Waals surface area contributed by atoms with Gasteiger partial charge in [0.1, 0.15) is 0 Å². The molecule has 25 heavy (non-hydrogen) atoms. The monoisotopic (exact) mass is 406 g/mol. The zero-order valence-corrected chi connectivity index (χ0v) is 14.6. The summed E-state index contributed by atoms with van der Waals surface area (Å²) in [6.07, 6.45) is 0.0381. The summed E-state index contributed by atoms with van der Waals surface area (Å²) in [7, 11) is 0. The highest BCUT2D eigenvalue weighted by molar-refractivity contribution is 9.10. The Kier molecular flexibility index (Phi) is 6.47. The maximum absolute atomic E-state index is 11.8. The number of nitro benzene ring substituents is 1. The van der Waals surface area contributed by atoms with Crippen molar-refractivity contribution in [3.8, 4) is 0 Å². The minimum absolute atomic E-state index is 0.0381. The third-order valence-corrected chi connectivity index (χ3v) is 3.61. The summed E-state index contributed by atoms with van der Waals surface area (Å²) in [6, 6.07) is 12.3. The second-order valence-corrected chi connectivity index (χ2v) is 5.91. The zero-order valence-electron chi connectivity index (χ0n) is 13.0. The van der Waals surface area contributed by atoms with Gasteiger partial charge in [0.2, 0.25) is 5.91 Å². The first-order chi connectivity index (χ1) is 11.9. The first-order valence-electron chi connectivity index (χ1n) is 7.29. The normalized spacial score (nSPS) is 9.96. The molecule has 0 saturated carbocycles. The van der Waals surface area contributed by atoms with Crippen molar-refractivity contribution < 1.29 is 14.5 Å². The van der Waals surface area contributed by atoms with E-state index in [1.165, 1.54) is 18.2 Å². The van der Waals surface area contributed by atoms with Gasteiger partial charge in [0.05, 0.1) is 4.92 Å². The fourth-order valence-corrected chi connectivity index (χ4v) is 2.18. The maximum atomic E-state index is 11.8. The summed E-state index contributed by atoms with van der Waals surface area (Å²) in [4.78, 5) is 33.7. The van der Waals surface area contributed by atoms with E-state index in [4.69, 9.17) is 0 Å². The Morgan fingerprint density at radius 3 is 2.44 bits per heavy atom. The van der Waals surface area contributed by atoms with Gasteiger partial charge < -0.3 is 16.0 Å². The molecule has 0 bridgehead atoms. The fraction of sp³-hybridized carbons (Fsp3) is 0.125. The topological polar surface area (TPSA) is 113 Å². The van der Waals surface area contributed by atoms with Crippen LogP contribution in [0.2, 0.25) is 0 Å². The Labute approximate surface area is 151 Å². The number of rotatable bonds is 6. The van der Waals surface area contributed by atoms with Gasteiger partial charge in [-0.05, 0) is 30.3 Å². The summed E-state index contributed by atoms with van der Waals surface area (Å²) >= 11 is 3.30. The summed E-state index contributed by atoms with van der Waals surface area (Å²) in [5.74, 6) is -0.357. The van der Waals surface area contributed by atoms with Crippen molar-refractivity contribution in [2.75, 3.05) is 17.2 Å². The van der Waals surface area contributed by atoms with Crippen molar-refractivity contribution in [1.82, 2.24) is 5.32 Å². The molecule has 2 rings (SSSR count). The number of nitro groups is 1. The highest BCUT2D eigenvalue weighted by Crippen LogP contribution is 2.17. The van der Waals surface area contributed by atoms with Crippen LogP contribution in [-0.2, 0) is 4.79 Å².